The Morgan fingerprint density at radius 2 is 1.57 bits per heavy atom. The van der Waals surface area contributed by atoms with E-state index in [1.165, 1.54) is 0 Å². The van der Waals surface area contributed by atoms with Crippen molar-refractivity contribution in [3.8, 4) is 5.75 Å². The SMILES string of the molecule is Cc1ccccc1CN(C(=O)COc1ccc(I)cc1)C(Cc1ccccc1)C(=O)NC(C)(C)C. The molecule has 5 nitrogen and oxygen atoms in total. The van der Waals surface area contributed by atoms with Gasteiger partial charge in [-0.2, -0.15) is 0 Å². The maximum Gasteiger partial charge on any atom is 0.261 e. The smallest absolute Gasteiger partial charge is 0.261 e. The zero-order valence-electron chi connectivity index (χ0n) is 20.8. The molecule has 1 N–H and O–H groups in total. The Balaban J connectivity index is 1.93. The molecule has 0 radical (unpaired) electrons. The van der Waals surface area contributed by atoms with Crippen LogP contribution >= 0.6 is 22.6 Å². The first-order chi connectivity index (χ1) is 16.6. The van der Waals surface area contributed by atoms with Gasteiger partial charge >= 0.3 is 0 Å². The summed E-state index contributed by atoms with van der Waals surface area (Å²) < 4.78 is 6.91. The number of rotatable bonds is 9. The zero-order valence-corrected chi connectivity index (χ0v) is 22.9. The number of nitrogens with zero attached hydrogens (tertiary/aromatic N) is 1. The van der Waals surface area contributed by atoms with Crippen LogP contribution < -0.4 is 10.1 Å². The second-order valence-electron chi connectivity index (χ2n) is 9.64. The summed E-state index contributed by atoms with van der Waals surface area (Å²) in [5.41, 5.74) is 2.62. The number of benzene rings is 3. The molecule has 0 saturated carbocycles. The summed E-state index contributed by atoms with van der Waals surface area (Å²) in [5, 5.41) is 3.08. The number of hydrogen-bond acceptors (Lipinski definition) is 3. The molecule has 1 atom stereocenters. The van der Waals surface area contributed by atoms with Gasteiger partial charge in [0.05, 0.1) is 0 Å². The van der Waals surface area contributed by atoms with Crippen molar-refractivity contribution in [3.63, 3.8) is 0 Å². The number of nitrogens with one attached hydrogen (secondary N) is 1. The molecular weight excluding hydrogens is 551 g/mol. The topological polar surface area (TPSA) is 58.6 Å². The van der Waals surface area contributed by atoms with Crippen molar-refractivity contribution in [2.24, 2.45) is 0 Å². The first kappa shape index (κ1) is 26.7. The third-order valence-corrected chi connectivity index (χ3v) is 6.27. The van der Waals surface area contributed by atoms with Crippen LogP contribution in [0.2, 0.25) is 0 Å². The highest BCUT2D eigenvalue weighted by Crippen LogP contribution is 2.19. The van der Waals surface area contributed by atoms with E-state index in [1.807, 2.05) is 107 Å². The van der Waals surface area contributed by atoms with E-state index in [1.54, 1.807) is 4.90 Å². The quantitative estimate of drug-likeness (QED) is 0.337. The maximum absolute atomic E-state index is 13.6. The molecule has 0 aliphatic carbocycles. The lowest BCUT2D eigenvalue weighted by atomic mass is 10.00. The van der Waals surface area contributed by atoms with Crippen molar-refractivity contribution in [1.82, 2.24) is 10.2 Å². The van der Waals surface area contributed by atoms with Crippen molar-refractivity contribution in [3.05, 3.63) is 99.1 Å². The van der Waals surface area contributed by atoms with Gasteiger partial charge in [0.2, 0.25) is 5.91 Å². The summed E-state index contributed by atoms with van der Waals surface area (Å²) >= 11 is 2.23. The Hall–Kier alpha value is -2.87. The van der Waals surface area contributed by atoms with Crippen LogP contribution in [0.15, 0.2) is 78.9 Å². The van der Waals surface area contributed by atoms with Crippen LogP contribution in [-0.4, -0.2) is 34.9 Å². The van der Waals surface area contributed by atoms with Crippen molar-refractivity contribution < 1.29 is 14.3 Å². The predicted molar refractivity (Wildman–Crippen MR) is 148 cm³/mol. The number of carbonyl (C=O) groups is 2. The summed E-state index contributed by atoms with van der Waals surface area (Å²) in [6.45, 7) is 8.01. The van der Waals surface area contributed by atoms with Crippen LogP contribution in [-0.2, 0) is 22.6 Å². The molecule has 0 aliphatic rings. The highest BCUT2D eigenvalue weighted by molar-refractivity contribution is 14.1. The van der Waals surface area contributed by atoms with Crippen LogP contribution in [0.5, 0.6) is 5.75 Å². The van der Waals surface area contributed by atoms with Gasteiger partial charge in [-0.1, -0.05) is 54.6 Å². The van der Waals surface area contributed by atoms with Gasteiger partial charge in [-0.15, -0.1) is 0 Å². The van der Waals surface area contributed by atoms with Crippen molar-refractivity contribution in [1.29, 1.82) is 0 Å². The normalized spacial score (nSPS) is 12.0. The van der Waals surface area contributed by atoms with Crippen LogP contribution in [0.4, 0.5) is 0 Å². The summed E-state index contributed by atoms with van der Waals surface area (Å²) in [5.74, 6) is 0.197. The van der Waals surface area contributed by atoms with Crippen LogP contribution in [0, 0.1) is 10.5 Å². The minimum absolute atomic E-state index is 0.152. The molecule has 35 heavy (non-hydrogen) atoms. The summed E-state index contributed by atoms with van der Waals surface area (Å²) in [6, 6.07) is 24.6. The fourth-order valence-corrected chi connectivity index (χ4v) is 4.10. The summed E-state index contributed by atoms with van der Waals surface area (Å²) in [6.07, 6.45) is 0.407. The molecule has 184 valence electrons. The molecule has 0 heterocycles. The van der Waals surface area contributed by atoms with Crippen LogP contribution in [0.1, 0.15) is 37.5 Å². The van der Waals surface area contributed by atoms with Gasteiger partial charge in [0.1, 0.15) is 11.8 Å². The molecule has 0 aliphatic heterocycles. The average molecular weight is 584 g/mol. The Labute approximate surface area is 222 Å². The lowest BCUT2D eigenvalue weighted by Crippen LogP contribution is -2.55. The van der Waals surface area contributed by atoms with Gasteiger partial charge < -0.3 is 15.0 Å². The predicted octanol–water partition coefficient (Wildman–Crippen LogP) is 5.53. The molecule has 0 spiro atoms. The Morgan fingerprint density at radius 1 is 0.943 bits per heavy atom. The maximum atomic E-state index is 13.6. The Bertz CT molecular complexity index is 1120. The third kappa shape index (κ3) is 8.38. The first-order valence-corrected chi connectivity index (χ1v) is 12.8. The average Bonchev–Trinajstić information content (AvgIpc) is 2.81. The van der Waals surface area contributed by atoms with E-state index < -0.39 is 11.6 Å². The van der Waals surface area contributed by atoms with Crippen LogP contribution in [0.3, 0.4) is 0 Å². The molecule has 0 bridgehead atoms. The van der Waals surface area contributed by atoms with E-state index in [9.17, 15) is 9.59 Å². The van der Waals surface area contributed by atoms with Crippen molar-refractivity contribution in [2.45, 2.75) is 52.2 Å². The fraction of sp³-hybridized carbons (Fsp3) is 0.310. The third-order valence-electron chi connectivity index (χ3n) is 5.55. The molecule has 0 fully saturated rings. The van der Waals surface area contributed by atoms with E-state index in [0.717, 1.165) is 20.3 Å². The van der Waals surface area contributed by atoms with Gasteiger partial charge in [-0.05, 0) is 91.2 Å². The largest absolute Gasteiger partial charge is 0.484 e. The van der Waals surface area contributed by atoms with Gasteiger partial charge in [-0.25, -0.2) is 0 Å². The van der Waals surface area contributed by atoms with E-state index in [-0.39, 0.29) is 18.4 Å². The molecule has 3 rings (SSSR count). The first-order valence-electron chi connectivity index (χ1n) is 11.7. The minimum Gasteiger partial charge on any atom is -0.484 e. The van der Waals surface area contributed by atoms with E-state index in [2.05, 4.69) is 27.9 Å². The number of amides is 2. The zero-order chi connectivity index (χ0) is 25.4. The summed E-state index contributed by atoms with van der Waals surface area (Å²) in [4.78, 5) is 28.8. The van der Waals surface area contributed by atoms with Crippen molar-refractivity contribution in [2.75, 3.05) is 6.61 Å². The second kappa shape index (κ2) is 12.2. The van der Waals surface area contributed by atoms with Gasteiger partial charge in [0, 0.05) is 22.1 Å². The van der Waals surface area contributed by atoms with Gasteiger partial charge in [0.15, 0.2) is 6.61 Å². The second-order valence-corrected chi connectivity index (χ2v) is 10.9. The number of hydrogen-bond donors (Lipinski definition) is 1. The monoisotopic (exact) mass is 584 g/mol. The number of carbonyl (C=O) groups excluding carboxylic acids is 2. The van der Waals surface area contributed by atoms with Crippen LogP contribution in [0.25, 0.3) is 0 Å². The number of aryl methyl sites for hydroxylation is 1. The summed E-state index contributed by atoms with van der Waals surface area (Å²) in [7, 11) is 0. The number of halogens is 1. The molecule has 6 heteroatoms. The highest BCUT2D eigenvalue weighted by Gasteiger charge is 2.32. The Morgan fingerprint density at radius 3 is 2.20 bits per heavy atom. The minimum atomic E-state index is -0.691. The fourth-order valence-electron chi connectivity index (χ4n) is 3.74. The molecule has 0 aromatic heterocycles. The number of ether oxygens (including phenoxy) is 1. The Kier molecular flexibility index (Phi) is 9.32. The van der Waals surface area contributed by atoms with Gasteiger partial charge in [0.25, 0.3) is 5.91 Å². The van der Waals surface area contributed by atoms with E-state index in [0.29, 0.717) is 18.7 Å². The molecule has 0 saturated heterocycles. The standard InChI is InChI=1S/C29H33IN2O3/c1-21-10-8-9-13-23(21)19-32(27(33)20-35-25-16-14-24(30)15-17-25)26(28(34)31-29(2,3)4)18-22-11-6-5-7-12-22/h5-17,26H,18-20H2,1-4H3,(H,31,34). The molecule has 2 amide bonds. The lowest BCUT2D eigenvalue weighted by Gasteiger charge is -2.34. The highest BCUT2D eigenvalue weighted by atomic mass is 127. The molecule has 3 aromatic carbocycles. The van der Waals surface area contributed by atoms with Crippen molar-refractivity contribution >= 4 is 34.4 Å². The molecular formula is C29H33IN2O3. The lowest BCUT2D eigenvalue weighted by molar-refractivity contribution is -0.143. The van der Waals surface area contributed by atoms with Gasteiger partial charge in [-0.3, -0.25) is 9.59 Å². The van der Waals surface area contributed by atoms with E-state index >= 15 is 0 Å². The van der Waals surface area contributed by atoms with E-state index in [4.69, 9.17) is 4.74 Å². The molecule has 1 unspecified atom stereocenters. The molecule has 3 aromatic rings.